The highest BCUT2D eigenvalue weighted by molar-refractivity contribution is 4.98. The van der Waals surface area contributed by atoms with Gasteiger partial charge >= 0.3 is 0 Å². The van der Waals surface area contributed by atoms with Gasteiger partial charge in [-0.15, -0.1) is 0 Å². The minimum absolute atomic E-state index is 0.404. The highest BCUT2D eigenvalue weighted by atomic mass is 16.5. The average Bonchev–Trinajstić information content (AvgIpc) is 2.61. The molecule has 0 aliphatic heterocycles. The van der Waals surface area contributed by atoms with Crippen LogP contribution < -0.4 is 5.73 Å². The maximum atomic E-state index is 5.57. The summed E-state index contributed by atoms with van der Waals surface area (Å²) in [7, 11) is 1.71. The average molecular weight is 183 g/mol. The van der Waals surface area contributed by atoms with Gasteiger partial charge in [-0.05, 0) is 13.3 Å². The van der Waals surface area contributed by atoms with Crippen molar-refractivity contribution in [2.24, 2.45) is 5.73 Å². The molecule has 0 saturated carbocycles. The Balaban J connectivity index is 2.59. The second-order valence-electron chi connectivity index (χ2n) is 3.13. The summed E-state index contributed by atoms with van der Waals surface area (Å²) >= 11 is 0. The summed E-state index contributed by atoms with van der Waals surface area (Å²) in [6.07, 6.45) is 4.62. The number of hydrogen-bond donors (Lipinski definition) is 1. The molecular formula is C9H17N3O. The number of imidazole rings is 1. The molecular weight excluding hydrogens is 166 g/mol. The second-order valence-corrected chi connectivity index (χ2v) is 3.13. The summed E-state index contributed by atoms with van der Waals surface area (Å²) in [5.74, 6) is 0. The van der Waals surface area contributed by atoms with E-state index in [0.29, 0.717) is 12.6 Å². The van der Waals surface area contributed by atoms with Gasteiger partial charge < -0.3 is 15.0 Å². The highest BCUT2D eigenvalue weighted by Crippen LogP contribution is 2.12. The Hall–Kier alpha value is -0.870. The van der Waals surface area contributed by atoms with E-state index in [9.17, 15) is 0 Å². The molecule has 1 rings (SSSR count). The maximum Gasteiger partial charge on any atom is 0.0951 e. The molecule has 0 bridgehead atoms. The second kappa shape index (κ2) is 4.99. The lowest BCUT2D eigenvalue weighted by Crippen LogP contribution is -2.12. The lowest BCUT2D eigenvalue weighted by Gasteiger charge is -2.15. The van der Waals surface area contributed by atoms with Crippen molar-refractivity contribution in [3.8, 4) is 0 Å². The van der Waals surface area contributed by atoms with Crippen LogP contribution in [0.3, 0.4) is 0 Å². The quantitative estimate of drug-likeness (QED) is 0.739. The molecule has 0 aliphatic rings. The van der Waals surface area contributed by atoms with Crippen molar-refractivity contribution < 1.29 is 4.74 Å². The van der Waals surface area contributed by atoms with E-state index in [2.05, 4.69) is 16.5 Å². The van der Waals surface area contributed by atoms with E-state index >= 15 is 0 Å². The fraction of sp³-hybridized carbons (Fsp3) is 0.667. The third-order valence-corrected chi connectivity index (χ3v) is 2.17. The Kier molecular flexibility index (Phi) is 3.92. The molecule has 4 nitrogen and oxygen atoms in total. The van der Waals surface area contributed by atoms with Crippen LogP contribution in [-0.2, 0) is 11.3 Å². The van der Waals surface area contributed by atoms with E-state index in [-0.39, 0.29) is 0 Å². The van der Waals surface area contributed by atoms with Gasteiger partial charge in [-0.2, -0.15) is 0 Å². The van der Waals surface area contributed by atoms with Gasteiger partial charge in [0.15, 0.2) is 0 Å². The van der Waals surface area contributed by atoms with Crippen molar-refractivity contribution in [1.29, 1.82) is 0 Å². The number of methoxy groups -OCH3 is 1. The first-order valence-electron chi connectivity index (χ1n) is 4.49. The van der Waals surface area contributed by atoms with E-state index in [1.807, 2.05) is 12.5 Å². The zero-order valence-electron chi connectivity index (χ0n) is 8.23. The van der Waals surface area contributed by atoms with Crippen LogP contribution in [0.15, 0.2) is 12.5 Å². The first kappa shape index (κ1) is 10.2. The SMILES string of the molecule is COCCC(C)n1cncc1CN. The number of hydrogen-bond acceptors (Lipinski definition) is 3. The molecule has 1 aromatic rings. The fourth-order valence-corrected chi connectivity index (χ4v) is 1.31. The first-order valence-corrected chi connectivity index (χ1v) is 4.49. The summed E-state index contributed by atoms with van der Waals surface area (Å²) in [6.45, 7) is 3.44. The summed E-state index contributed by atoms with van der Waals surface area (Å²) in [5.41, 5.74) is 6.64. The normalized spacial score (nSPS) is 13.2. The molecule has 0 aromatic carbocycles. The molecule has 1 atom stereocenters. The van der Waals surface area contributed by atoms with Gasteiger partial charge in [0.1, 0.15) is 0 Å². The standard InChI is InChI=1S/C9H17N3O/c1-8(3-4-13-2)12-7-11-6-9(12)5-10/h6-8H,3-5,10H2,1-2H3. The van der Waals surface area contributed by atoms with Crippen LogP contribution >= 0.6 is 0 Å². The van der Waals surface area contributed by atoms with E-state index in [4.69, 9.17) is 10.5 Å². The minimum Gasteiger partial charge on any atom is -0.385 e. The van der Waals surface area contributed by atoms with Crippen molar-refractivity contribution in [3.05, 3.63) is 18.2 Å². The van der Waals surface area contributed by atoms with E-state index < -0.39 is 0 Å². The van der Waals surface area contributed by atoms with Gasteiger partial charge in [0.25, 0.3) is 0 Å². The molecule has 1 heterocycles. The Morgan fingerprint density at radius 2 is 2.46 bits per heavy atom. The smallest absolute Gasteiger partial charge is 0.0951 e. The van der Waals surface area contributed by atoms with Crippen molar-refractivity contribution in [2.75, 3.05) is 13.7 Å². The molecule has 13 heavy (non-hydrogen) atoms. The van der Waals surface area contributed by atoms with Crippen LogP contribution in [-0.4, -0.2) is 23.3 Å². The van der Waals surface area contributed by atoms with Crippen LogP contribution in [0.4, 0.5) is 0 Å². The largest absolute Gasteiger partial charge is 0.385 e. The summed E-state index contributed by atoms with van der Waals surface area (Å²) < 4.78 is 7.12. The van der Waals surface area contributed by atoms with Crippen molar-refractivity contribution in [1.82, 2.24) is 9.55 Å². The summed E-state index contributed by atoms with van der Waals surface area (Å²) in [5, 5.41) is 0. The lowest BCUT2D eigenvalue weighted by atomic mass is 10.2. The molecule has 0 amide bonds. The molecule has 0 spiro atoms. The molecule has 0 radical (unpaired) electrons. The number of ether oxygens (including phenoxy) is 1. The maximum absolute atomic E-state index is 5.57. The zero-order chi connectivity index (χ0) is 9.68. The van der Waals surface area contributed by atoms with Crippen molar-refractivity contribution in [2.45, 2.75) is 25.9 Å². The van der Waals surface area contributed by atoms with Crippen LogP contribution in [0.1, 0.15) is 25.1 Å². The molecule has 1 unspecified atom stereocenters. The van der Waals surface area contributed by atoms with Crippen molar-refractivity contribution in [3.63, 3.8) is 0 Å². The molecule has 0 saturated heterocycles. The highest BCUT2D eigenvalue weighted by Gasteiger charge is 2.07. The Bertz CT molecular complexity index is 247. The molecule has 0 fully saturated rings. The zero-order valence-corrected chi connectivity index (χ0v) is 8.23. The lowest BCUT2D eigenvalue weighted by molar-refractivity contribution is 0.180. The van der Waals surface area contributed by atoms with Crippen molar-refractivity contribution >= 4 is 0 Å². The van der Waals surface area contributed by atoms with E-state index in [0.717, 1.165) is 18.7 Å². The van der Waals surface area contributed by atoms with E-state index in [1.54, 1.807) is 7.11 Å². The summed E-state index contributed by atoms with van der Waals surface area (Å²) in [4.78, 5) is 4.06. The summed E-state index contributed by atoms with van der Waals surface area (Å²) in [6, 6.07) is 0.404. The molecule has 0 aliphatic carbocycles. The predicted octanol–water partition coefficient (Wildman–Crippen LogP) is 0.939. The van der Waals surface area contributed by atoms with Crippen LogP contribution in [0.5, 0.6) is 0 Å². The molecule has 4 heteroatoms. The van der Waals surface area contributed by atoms with Crippen LogP contribution in [0.25, 0.3) is 0 Å². The third kappa shape index (κ3) is 2.54. The van der Waals surface area contributed by atoms with Gasteiger partial charge in [0, 0.05) is 32.5 Å². The number of rotatable bonds is 5. The fourth-order valence-electron chi connectivity index (χ4n) is 1.31. The number of nitrogens with two attached hydrogens (primary N) is 1. The van der Waals surface area contributed by atoms with Crippen LogP contribution in [0, 0.1) is 0 Å². The minimum atomic E-state index is 0.404. The third-order valence-electron chi connectivity index (χ3n) is 2.17. The monoisotopic (exact) mass is 183 g/mol. The van der Waals surface area contributed by atoms with Gasteiger partial charge in [-0.1, -0.05) is 0 Å². The van der Waals surface area contributed by atoms with Gasteiger partial charge in [-0.25, -0.2) is 4.98 Å². The Labute approximate surface area is 78.7 Å². The number of nitrogens with zero attached hydrogens (tertiary/aromatic N) is 2. The topological polar surface area (TPSA) is 53.1 Å². The van der Waals surface area contributed by atoms with E-state index in [1.165, 1.54) is 0 Å². The van der Waals surface area contributed by atoms with Gasteiger partial charge in [0.2, 0.25) is 0 Å². The van der Waals surface area contributed by atoms with Gasteiger partial charge in [0.05, 0.1) is 12.0 Å². The molecule has 2 N–H and O–H groups in total. The molecule has 1 aromatic heterocycles. The first-order chi connectivity index (χ1) is 6.29. The van der Waals surface area contributed by atoms with Crippen LogP contribution in [0.2, 0.25) is 0 Å². The van der Waals surface area contributed by atoms with Gasteiger partial charge in [-0.3, -0.25) is 0 Å². The predicted molar refractivity (Wildman–Crippen MR) is 51.3 cm³/mol. The molecule has 74 valence electrons. The Morgan fingerprint density at radius 1 is 1.69 bits per heavy atom. The Morgan fingerprint density at radius 3 is 3.08 bits per heavy atom. The number of aromatic nitrogens is 2.